The minimum absolute atomic E-state index is 0.164. The molecule has 0 radical (unpaired) electrons. The molecule has 0 atom stereocenters. The number of ether oxygens (including phenoxy) is 1. The fraction of sp³-hybridized carbons (Fsp3) is 0.364. The van der Waals surface area contributed by atoms with E-state index in [2.05, 4.69) is 22.0 Å². The van der Waals surface area contributed by atoms with Gasteiger partial charge < -0.3 is 9.84 Å². The Balaban J connectivity index is 2.32. The van der Waals surface area contributed by atoms with E-state index in [4.69, 9.17) is 9.84 Å². The summed E-state index contributed by atoms with van der Waals surface area (Å²) in [5.41, 5.74) is 3.33. The summed E-state index contributed by atoms with van der Waals surface area (Å²) in [7, 11) is 2.00. The maximum atomic E-state index is 10.6. The largest absolute Gasteiger partial charge is 0.494 e. The second-order valence-electron chi connectivity index (χ2n) is 3.96. The van der Waals surface area contributed by atoms with Crippen LogP contribution in [0.5, 0.6) is 5.75 Å². The average Bonchev–Trinajstić information content (AvgIpc) is 2.69. The molecule has 1 aliphatic rings. The van der Waals surface area contributed by atoms with E-state index >= 15 is 0 Å². The van der Waals surface area contributed by atoms with Crippen LogP contribution >= 0.6 is 15.9 Å². The molecule has 3 nitrogen and oxygen atoms in total. The predicted molar refractivity (Wildman–Crippen MR) is 67.5 cm³/mol. The fourth-order valence-corrected chi connectivity index (χ4v) is 2.49. The van der Waals surface area contributed by atoms with Crippen LogP contribution in [0.1, 0.15) is 17.5 Å². The first-order chi connectivity index (χ1) is 7.59. The van der Waals surface area contributed by atoms with Crippen molar-refractivity contribution in [2.24, 2.45) is 0 Å². The predicted octanol–water partition coefficient (Wildman–Crippen LogP) is 0.660. The van der Waals surface area contributed by atoms with Crippen LogP contribution in [0.2, 0.25) is 0 Å². The molecule has 0 aliphatic carbocycles. The molecule has 1 aliphatic heterocycles. The molecule has 0 bridgehead atoms. The van der Waals surface area contributed by atoms with Crippen molar-refractivity contribution in [2.75, 3.05) is 6.61 Å². The molecule has 2 rings (SSSR count). The van der Waals surface area contributed by atoms with Gasteiger partial charge in [-0.25, -0.2) is 0 Å². The zero-order valence-corrected chi connectivity index (χ0v) is 10.6. The Hall–Kier alpha value is -0.965. The molecule has 1 aromatic rings. The SMILES string of the molecule is Bc1c(Br)c(CCC(=O)O)cc2c1OCC2. The number of fused-ring (bicyclic) bond motifs is 1. The Bertz CT molecular complexity index is 445. The number of aliphatic carboxylic acids is 1. The molecule has 0 unspecified atom stereocenters. The normalized spacial score (nSPS) is 13.3. The molecule has 0 spiro atoms. The van der Waals surface area contributed by atoms with Crippen molar-refractivity contribution in [1.82, 2.24) is 0 Å². The Kier molecular flexibility index (Phi) is 3.24. The van der Waals surface area contributed by atoms with E-state index in [0.29, 0.717) is 6.42 Å². The molecule has 0 amide bonds. The highest BCUT2D eigenvalue weighted by molar-refractivity contribution is 9.10. The highest BCUT2D eigenvalue weighted by Crippen LogP contribution is 2.29. The van der Waals surface area contributed by atoms with Crippen molar-refractivity contribution in [3.05, 3.63) is 21.7 Å². The highest BCUT2D eigenvalue weighted by Gasteiger charge is 2.19. The van der Waals surface area contributed by atoms with Crippen LogP contribution in [0, 0.1) is 0 Å². The van der Waals surface area contributed by atoms with Gasteiger partial charge in [-0.05, 0) is 23.0 Å². The quantitative estimate of drug-likeness (QED) is 0.829. The van der Waals surface area contributed by atoms with Crippen LogP contribution in [0.4, 0.5) is 0 Å². The van der Waals surface area contributed by atoms with E-state index in [-0.39, 0.29) is 6.42 Å². The number of carboxylic acids is 1. The van der Waals surface area contributed by atoms with Gasteiger partial charge in [0.25, 0.3) is 0 Å². The smallest absolute Gasteiger partial charge is 0.303 e. The van der Waals surface area contributed by atoms with E-state index in [1.165, 1.54) is 5.56 Å². The number of benzene rings is 1. The summed E-state index contributed by atoms with van der Waals surface area (Å²) in [6.07, 6.45) is 1.64. The van der Waals surface area contributed by atoms with Gasteiger partial charge in [0, 0.05) is 17.3 Å². The molecular weight excluding hydrogens is 271 g/mol. The number of hydrogen-bond donors (Lipinski definition) is 1. The summed E-state index contributed by atoms with van der Waals surface area (Å²) in [5, 5.41) is 8.69. The zero-order valence-electron chi connectivity index (χ0n) is 9.05. The van der Waals surface area contributed by atoms with Crippen LogP contribution in [0.3, 0.4) is 0 Å². The van der Waals surface area contributed by atoms with Crippen molar-refractivity contribution >= 4 is 35.2 Å². The van der Waals surface area contributed by atoms with Gasteiger partial charge in [0.15, 0.2) is 0 Å². The molecule has 1 heterocycles. The summed E-state index contributed by atoms with van der Waals surface area (Å²) in [6, 6.07) is 2.06. The monoisotopic (exact) mass is 282 g/mol. The standard InChI is InChI=1S/C11H12BBrO3/c12-9-10(13)6(1-2-8(14)15)5-7-3-4-16-11(7)9/h5H,1-4,12H2,(H,14,15). The minimum atomic E-state index is -0.763. The number of rotatable bonds is 3. The summed E-state index contributed by atoms with van der Waals surface area (Å²) in [6.45, 7) is 0.727. The number of aryl methyl sites for hydroxylation is 1. The second kappa shape index (κ2) is 4.49. The van der Waals surface area contributed by atoms with Gasteiger partial charge >= 0.3 is 5.97 Å². The first-order valence-corrected chi connectivity index (χ1v) is 6.04. The Morgan fingerprint density at radius 3 is 3.06 bits per heavy atom. The Morgan fingerprint density at radius 2 is 2.38 bits per heavy atom. The number of halogens is 1. The lowest BCUT2D eigenvalue weighted by Gasteiger charge is -2.11. The first kappa shape index (κ1) is 11.5. The zero-order chi connectivity index (χ0) is 11.7. The van der Waals surface area contributed by atoms with Gasteiger partial charge in [0.05, 0.1) is 6.61 Å². The van der Waals surface area contributed by atoms with Crippen molar-refractivity contribution in [2.45, 2.75) is 19.3 Å². The lowest BCUT2D eigenvalue weighted by Crippen LogP contribution is -2.12. The van der Waals surface area contributed by atoms with Gasteiger partial charge in [-0.1, -0.05) is 22.0 Å². The maximum absolute atomic E-state index is 10.6. The average molecular weight is 283 g/mol. The van der Waals surface area contributed by atoms with Crippen LogP contribution in [0.25, 0.3) is 0 Å². The van der Waals surface area contributed by atoms with E-state index in [0.717, 1.165) is 34.3 Å². The molecule has 0 saturated heterocycles. The second-order valence-corrected chi connectivity index (χ2v) is 4.75. The van der Waals surface area contributed by atoms with E-state index in [1.54, 1.807) is 0 Å². The maximum Gasteiger partial charge on any atom is 0.303 e. The minimum Gasteiger partial charge on any atom is -0.494 e. The van der Waals surface area contributed by atoms with Crippen LogP contribution < -0.4 is 10.2 Å². The Morgan fingerprint density at radius 1 is 1.62 bits per heavy atom. The molecule has 0 aromatic heterocycles. The molecule has 1 N–H and O–H groups in total. The van der Waals surface area contributed by atoms with Gasteiger partial charge in [0.1, 0.15) is 13.6 Å². The van der Waals surface area contributed by atoms with Crippen LogP contribution in [0.15, 0.2) is 10.5 Å². The van der Waals surface area contributed by atoms with E-state index < -0.39 is 5.97 Å². The summed E-state index contributed by atoms with van der Waals surface area (Å²) in [4.78, 5) is 10.6. The van der Waals surface area contributed by atoms with Gasteiger partial charge in [-0.2, -0.15) is 0 Å². The molecule has 84 valence electrons. The molecule has 0 saturated carbocycles. The summed E-state index contributed by atoms with van der Waals surface area (Å²) in [5.74, 6) is 0.201. The fourth-order valence-electron chi connectivity index (χ4n) is 1.99. The summed E-state index contributed by atoms with van der Waals surface area (Å²) >= 11 is 3.51. The van der Waals surface area contributed by atoms with Crippen molar-refractivity contribution in [3.8, 4) is 5.75 Å². The highest BCUT2D eigenvalue weighted by atomic mass is 79.9. The van der Waals surface area contributed by atoms with Gasteiger partial charge in [-0.3, -0.25) is 4.79 Å². The van der Waals surface area contributed by atoms with E-state index in [9.17, 15) is 4.79 Å². The van der Waals surface area contributed by atoms with Crippen molar-refractivity contribution in [3.63, 3.8) is 0 Å². The van der Waals surface area contributed by atoms with Gasteiger partial charge in [-0.15, -0.1) is 0 Å². The summed E-state index contributed by atoms with van der Waals surface area (Å²) < 4.78 is 6.53. The molecule has 5 heteroatoms. The number of carboxylic acid groups (broad SMARTS) is 1. The third-order valence-corrected chi connectivity index (χ3v) is 3.92. The number of hydrogen-bond acceptors (Lipinski definition) is 2. The lowest BCUT2D eigenvalue weighted by atomic mass is 9.89. The molecule has 1 aromatic carbocycles. The molecule has 16 heavy (non-hydrogen) atoms. The van der Waals surface area contributed by atoms with E-state index in [1.807, 2.05) is 7.85 Å². The van der Waals surface area contributed by atoms with Crippen LogP contribution in [-0.4, -0.2) is 25.5 Å². The van der Waals surface area contributed by atoms with Crippen LogP contribution in [-0.2, 0) is 17.6 Å². The van der Waals surface area contributed by atoms with Crippen molar-refractivity contribution in [1.29, 1.82) is 0 Å². The molecular formula is C11H12BBrO3. The first-order valence-electron chi connectivity index (χ1n) is 5.25. The Labute approximate surface area is 103 Å². The third kappa shape index (κ3) is 2.09. The lowest BCUT2D eigenvalue weighted by molar-refractivity contribution is -0.136. The van der Waals surface area contributed by atoms with Gasteiger partial charge in [0.2, 0.25) is 0 Å². The molecule has 0 fully saturated rings. The topological polar surface area (TPSA) is 46.5 Å². The number of carbonyl (C=O) groups is 1. The third-order valence-electron chi connectivity index (χ3n) is 2.82. The van der Waals surface area contributed by atoms with Crippen molar-refractivity contribution < 1.29 is 14.6 Å².